The Hall–Kier alpha value is -3.05. The number of carbonyl (C=O) groups excluding carboxylic acids is 1. The number of alkyl halides is 3. The number of nitrogens with one attached hydrogen (secondary N) is 1. The Morgan fingerprint density at radius 3 is 2.61 bits per heavy atom. The summed E-state index contributed by atoms with van der Waals surface area (Å²) in [6, 6.07) is 4.06. The third-order valence-electron chi connectivity index (χ3n) is 4.11. The Morgan fingerprint density at radius 1 is 1.26 bits per heavy atom. The molecule has 3 aromatic rings. The predicted molar refractivity (Wildman–Crippen MR) is 101 cm³/mol. The fraction of sp³-hybridized carbons (Fsp3) is 0.211. The Kier molecular flexibility index (Phi) is 6.27. The molecule has 0 saturated heterocycles. The third-order valence-corrected chi connectivity index (χ3v) is 4.32. The van der Waals surface area contributed by atoms with Gasteiger partial charge in [-0.05, 0) is 31.2 Å². The number of rotatable bonds is 5. The Morgan fingerprint density at radius 2 is 1.97 bits per heavy atom. The van der Waals surface area contributed by atoms with E-state index in [2.05, 4.69) is 15.0 Å². The minimum Gasteiger partial charge on any atom is -0.347 e. The lowest BCUT2D eigenvalue weighted by Gasteiger charge is -2.17. The van der Waals surface area contributed by atoms with Crippen molar-refractivity contribution in [3.8, 4) is 5.69 Å². The fourth-order valence-electron chi connectivity index (χ4n) is 2.76. The molecule has 164 valence electrons. The second kappa shape index (κ2) is 8.60. The Balaban J connectivity index is 2.09. The normalized spacial score (nSPS) is 12.7. The topological polar surface area (TPSA) is 73.2 Å². The summed E-state index contributed by atoms with van der Waals surface area (Å²) in [5, 5.41) is 2.07. The van der Waals surface area contributed by atoms with E-state index < -0.39 is 47.5 Å². The number of benzene rings is 1. The molecule has 0 aliphatic rings. The van der Waals surface area contributed by atoms with Crippen LogP contribution in [0.5, 0.6) is 0 Å². The molecule has 0 spiro atoms. The van der Waals surface area contributed by atoms with E-state index in [1.54, 1.807) is 0 Å². The first-order valence-electron chi connectivity index (χ1n) is 8.65. The van der Waals surface area contributed by atoms with Gasteiger partial charge in [-0.1, -0.05) is 11.6 Å². The second-order valence-corrected chi connectivity index (χ2v) is 6.86. The summed E-state index contributed by atoms with van der Waals surface area (Å²) in [5.74, 6) is -2.88. The molecule has 31 heavy (non-hydrogen) atoms. The van der Waals surface area contributed by atoms with E-state index in [-0.39, 0.29) is 21.9 Å². The number of carbonyl (C=O) groups is 1. The summed E-state index contributed by atoms with van der Waals surface area (Å²) >= 11 is 5.87. The first-order valence-corrected chi connectivity index (χ1v) is 9.03. The molecule has 0 aliphatic carbocycles. The standard InChI is InChI=1S/C19H13ClF5N3O3/c1-9(8-31-19(23,24)25)26-18(30)12-7-28(14-4-2-10(21)6-13(14)22)17-11(16(12)29)3-5-15(20)27-17/h2-7,9H,8H2,1H3,(H,26,30). The van der Waals surface area contributed by atoms with Crippen LogP contribution in [0.2, 0.25) is 5.15 Å². The van der Waals surface area contributed by atoms with Crippen LogP contribution in [0.3, 0.4) is 0 Å². The minimum atomic E-state index is -4.89. The molecule has 0 fully saturated rings. The molecular formula is C19H13ClF5N3O3. The zero-order valence-electron chi connectivity index (χ0n) is 15.6. The summed E-state index contributed by atoms with van der Waals surface area (Å²) in [4.78, 5) is 29.3. The lowest BCUT2D eigenvalue weighted by molar-refractivity contribution is -0.325. The van der Waals surface area contributed by atoms with Crippen LogP contribution in [0.25, 0.3) is 16.7 Å². The smallest absolute Gasteiger partial charge is 0.347 e. The van der Waals surface area contributed by atoms with Gasteiger partial charge >= 0.3 is 6.36 Å². The molecule has 0 saturated carbocycles. The number of halogens is 6. The Bertz CT molecular complexity index is 1210. The van der Waals surface area contributed by atoms with Crippen LogP contribution in [0.1, 0.15) is 17.3 Å². The largest absolute Gasteiger partial charge is 0.522 e. The summed E-state index contributed by atoms with van der Waals surface area (Å²) in [5.41, 5.74) is -1.64. The average Bonchev–Trinajstić information content (AvgIpc) is 2.66. The maximum absolute atomic E-state index is 14.4. The van der Waals surface area contributed by atoms with Crippen molar-refractivity contribution in [2.24, 2.45) is 0 Å². The molecule has 1 aromatic carbocycles. The number of hydrogen-bond acceptors (Lipinski definition) is 4. The van der Waals surface area contributed by atoms with E-state index in [0.29, 0.717) is 6.07 Å². The first-order chi connectivity index (χ1) is 14.5. The lowest BCUT2D eigenvalue weighted by Crippen LogP contribution is -2.39. The molecule has 1 atom stereocenters. The predicted octanol–water partition coefficient (Wildman–Crippen LogP) is 3.97. The van der Waals surface area contributed by atoms with Gasteiger partial charge in [-0.2, -0.15) is 0 Å². The van der Waals surface area contributed by atoms with Crippen molar-refractivity contribution in [2.75, 3.05) is 6.61 Å². The van der Waals surface area contributed by atoms with Crippen molar-refractivity contribution in [3.63, 3.8) is 0 Å². The van der Waals surface area contributed by atoms with E-state index in [0.717, 1.165) is 22.9 Å². The monoisotopic (exact) mass is 461 g/mol. The van der Waals surface area contributed by atoms with Crippen LogP contribution in [0.4, 0.5) is 22.0 Å². The Labute approximate surface area is 176 Å². The van der Waals surface area contributed by atoms with Crippen molar-refractivity contribution in [3.05, 3.63) is 69.1 Å². The highest BCUT2D eigenvalue weighted by Gasteiger charge is 2.30. The molecule has 6 nitrogen and oxygen atoms in total. The van der Waals surface area contributed by atoms with Crippen molar-refractivity contribution < 1.29 is 31.5 Å². The third kappa shape index (κ3) is 5.17. The molecule has 1 amide bonds. The zero-order chi connectivity index (χ0) is 22.9. The summed E-state index contributed by atoms with van der Waals surface area (Å²) in [6.45, 7) is 0.352. The SMILES string of the molecule is CC(COC(F)(F)F)NC(=O)c1cn(-c2ccc(F)cc2F)c2nc(Cl)ccc2c1=O. The highest BCUT2D eigenvalue weighted by molar-refractivity contribution is 6.29. The van der Waals surface area contributed by atoms with Gasteiger partial charge in [0.25, 0.3) is 5.91 Å². The molecule has 2 heterocycles. The molecule has 1 unspecified atom stereocenters. The molecule has 1 N–H and O–H groups in total. The number of pyridine rings is 2. The molecular weight excluding hydrogens is 449 g/mol. The summed E-state index contributed by atoms with van der Waals surface area (Å²) < 4.78 is 69.0. The van der Waals surface area contributed by atoms with Gasteiger partial charge in [-0.3, -0.25) is 18.9 Å². The molecule has 0 aliphatic heterocycles. The van der Waals surface area contributed by atoms with Crippen LogP contribution >= 0.6 is 11.6 Å². The quantitative estimate of drug-likeness (QED) is 0.461. The van der Waals surface area contributed by atoms with Gasteiger partial charge in [0.05, 0.1) is 23.7 Å². The van der Waals surface area contributed by atoms with E-state index in [1.165, 1.54) is 19.1 Å². The van der Waals surface area contributed by atoms with Gasteiger partial charge in [-0.25, -0.2) is 13.8 Å². The van der Waals surface area contributed by atoms with Gasteiger partial charge in [0.15, 0.2) is 0 Å². The van der Waals surface area contributed by atoms with Crippen molar-refractivity contribution in [1.29, 1.82) is 0 Å². The molecule has 0 bridgehead atoms. The fourth-order valence-corrected chi connectivity index (χ4v) is 2.91. The minimum absolute atomic E-state index is 0.0294. The first kappa shape index (κ1) is 22.6. The molecule has 2 aromatic heterocycles. The van der Waals surface area contributed by atoms with E-state index in [4.69, 9.17) is 11.6 Å². The molecule has 3 rings (SSSR count). The number of nitrogens with zero attached hydrogens (tertiary/aromatic N) is 2. The van der Waals surface area contributed by atoms with Gasteiger partial charge in [0, 0.05) is 12.3 Å². The number of fused-ring (bicyclic) bond motifs is 1. The van der Waals surface area contributed by atoms with Crippen molar-refractivity contribution >= 4 is 28.5 Å². The lowest BCUT2D eigenvalue weighted by atomic mass is 10.1. The van der Waals surface area contributed by atoms with Crippen LogP contribution < -0.4 is 10.7 Å². The van der Waals surface area contributed by atoms with Gasteiger partial charge in [0.1, 0.15) is 28.0 Å². The van der Waals surface area contributed by atoms with Crippen molar-refractivity contribution in [2.45, 2.75) is 19.3 Å². The van der Waals surface area contributed by atoms with Gasteiger partial charge in [0.2, 0.25) is 5.43 Å². The van der Waals surface area contributed by atoms with Crippen LogP contribution in [-0.2, 0) is 4.74 Å². The second-order valence-electron chi connectivity index (χ2n) is 6.47. The van der Waals surface area contributed by atoms with E-state index in [9.17, 15) is 31.5 Å². The number of amides is 1. The molecule has 12 heteroatoms. The number of aromatic nitrogens is 2. The van der Waals surface area contributed by atoms with Crippen LogP contribution in [0, 0.1) is 11.6 Å². The zero-order valence-corrected chi connectivity index (χ0v) is 16.4. The van der Waals surface area contributed by atoms with E-state index >= 15 is 0 Å². The number of ether oxygens (including phenoxy) is 1. The highest BCUT2D eigenvalue weighted by Crippen LogP contribution is 2.21. The van der Waals surface area contributed by atoms with Crippen molar-refractivity contribution in [1.82, 2.24) is 14.9 Å². The number of hydrogen-bond donors (Lipinski definition) is 1. The summed E-state index contributed by atoms with van der Waals surface area (Å²) in [7, 11) is 0. The summed E-state index contributed by atoms with van der Waals surface area (Å²) in [6.07, 6.45) is -3.93. The average molecular weight is 462 g/mol. The van der Waals surface area contributed by atoms with Gasteiger partial charge < -0.3 is 5.32 Å². The van der Waals surface area contributed by atoms with Crippen LogP contribution in [-0.4, -0.2) is 34.5 Å². The van der Waals surface area contributed by atoms with Gasteiger partial charge in [-0.15, -0.1) is 13.2 Å². The maximum Gasteiger partial charge on any atom is 0.522 e. The highest BCUT2D eigenvalue weighted by atomic mass is 35.5. The maximum atomic E-state index is 14.4. The molecule has 0 radical (unpaired) electrons. The van der Waals surface area contributed by atoms with Crippen LogP contribution in [0.15, 0.2) is 41.3 Å². The van der Waals surface area contributed by atoms with E-state index in [1.807, 2.05) is 0 Å².